The number of hydrogen-bond donors (Lipinski definition) is 0. The van der Waals surface area contributed by atoms with E-state index in [9.17, 15) is 8.42 Å². The molecule has 1 aromatic heterocycles. The Bertz CT molecular complexity index is 865. The van der Waals surface area contributed by atoms with Gasteiger partial charge in [-0.3, -0.25) is 0 Å². The van der Waals surface area contributed by atoms with E-state index in [1.165, 1.54) is 20.3 Å². The summed E-state index contributed by atoms with van der Waals surface area (Å²) in [5, 5.41) is 3.88. The maximum absolute atomic E-state index is 13.2. The summed E-state index contributed by atoms with van der Waals surface area (Å²) >= 11 is 0. The molecule has 142 valence electrons. The molecule has 9 heteroatoms. The van der Waals surface area contributed by atoms with Crippen molar-refractivity contribution in [3.63, 3.8) is 0 Å². The van der Waals surface area contributed by atoms with Gasteiger partial charge in [0.25, 0.3) is 0 Å². The number of nitrogens with zero attached hydrogens (tertiary/aromatic N) is 3. The fraction of sp³-hybridized carbons (Fsp3) is 0.529. The van der Waals surface area contributed by atoms with Crippen molar-refractivity contribution in [2.45, 2.75) is 43.5 Å². The van der Waals surface area contributed by atoms with Crippen LogP contribution in [0.2, 0.25) is 0 Å². The van der Waals surface area contributed by atoms with Crippen LogP contribution < -0.4 is 9.47 Å². The van der Waals surface area contributed by atoms with E-state index in [4.69, 9.17) is 14.0 Å². The zero-order valence-electron chi connectivity index (χ0n) is 15.1. The van der Waals surface area contributed by atoms with Crippen molar-refractivity contribution >= 4 is 10.0 Å². The fourth-order valence-electron chi connectivity index (χ4n) is 3.26. The highest BCUT2D eigenvalue weighted by Crippen LogP contribution is 2.35. The lowest BCUT2D eigenvalue weighted by Crippen LogP contribution is -2.36. The smallest absolute Gasteiger partial charge is 0.247 e. The molecule has 0 saturated carbocycles. The average Bonchev–Trinajstić information content (AvgIpc) is 3.28. The first-order valence-corrected chi connectivity index (χ1v) is 9.92. The number of rotatable bonds is 7. The van der Waals surface area contributed by atoms with Crippen LogP contribution in [0, 0.1) is 6.92 Å². The monoisotopic (exact) mass is 381 g/mol. The van der Waals surface area contributed by atoms with Crippen molar-refractivity contribution in [2.75, 3.05) is 20.8 Å². The number of ether oxygens (including phenoxy) is 2. The third-order valence-electron chi connectivity index (χ3n) is 4.55. The molecule has 1 aromatic carbocycles. The van der Waals surface area contributed by atoms with Gasteiger partial charge in [0.15, 0.2) is 5.82 Å². The van der Waals surface area contributed by atoms with E-state index in [0.29, 0.717) is 42.6 Å². The lowest BCUT2D eigenvalue weighted by molar-refractivity contribution is 0.355. The zero-order chi connectivity index (χ0) is 18.7. The second-order valence-corrected chi connectivity index (χ2v) is 8.06. The molecule has 1 saturated heterocycles. The lowest BCUT2D eigenvalue weighted by Gasteiger charge is -2.24. The first-order chi connectivity index (χ1) is 12.5. The number of aromatic nitrogens is 2. The van der Waals surface area contributed by atoms with Crippen LogP contribution in [0.5, 0.6) is 11.5 Å². The summed E-state index contributed by atoms with van der Waals surface area (Å²) in [5.74, 6) is 1.90. The van der Waals surface area contributed by atoms with E-state index < -0.39 is 10.0 Å². The van der Waals surface area contributed by atoms with Gasteiger partial charge in [-0.25, -0.2) is 8.42 Å². The molecule has 0 radical (unpaired) electrons. The highest BCUT2D eigenvalue weighted by atomic mass is 32.2. The van der Waals surface area contributed by atoms with Gasteiger partial charge in [0, 0.05) is 32.0 Å². The van der Waals surface area contributed by atoms with Crippen LogP contribution in [0.1, 0.15) is 31.0 Å². The molecule has 1 fully saturated rings. The van der Waals surface area contributed by atoms with E-state index >= 15 is 0 Å². The summed E-state index contributed by atoms with van der Waals surface area (Å²) in [4.78, 5) is 4.31. The Labute approximate surface area is 153 Å². The summed E-state index contributed by atoms with van der Waals surface area (Å²) < 4.78 is 43.5. The minimum Gasteiger partial charge on any atom is -0.497 e. The van der Waals surface area contributed by atoms with Gasteiger partial charge in [-0.15, -0.1) is 0 Å². The topological polar surface area (TPSA) is 94.8 Å². The predicted molar refractivity (Wildman–Crippen MR) is 93.8 cm³/mol. The molecule has 3 rings (SSSR count). The molecule has 2 aromatic rings. The average molecular weight is 381 g/mol. The molecule has 0 bridgehead atoms. The molecule has 0 aliphatic carbocycles. The van der Waals surface area contributed by atoms with Gasteiger partial charge in [-0.2, -0.15) is 9.29 Å². The van der Waals surface area contributed by atoms with Crippen molar-refractivity contribution < 1.29 is 22.4 Å². The van der Waals surface area contributed by atoms with Crippen LogP contribution in [0.25, 0.3) is 0 Å². The Hall–Kier alpha value is -2.13. The van der Waals surface area contributed by atoms with Gasteiger partial charge in [-0.1, -0.05) is 5.16 Å². The zero-order valence-corrected chi connectivity index (χ0v) is 16.0. The number of aryl methyl sites for hydroxylation is 2. The summed E-state index contributed by atoms with van der Waals surface area (Å²) in [5.41, 5.74) is 0. The second kappa shape index (κ2) is 7.63. The van der Waals surface area contributed by atoms with Crippen molar-refractivity contribution in [2.24, 2.45) is 0 Å². The second-order valence-electron chi connectivity index (χ2n) is 6.20. The van der Waals surface area contributed by atoms with E-state index in [2.05, 4.69) is 10.1 Å². The third kappa shape index (κ3) is 3.68. The van der Waals surface area contributed by atoms with Crippen LogP contribution in [-0.4, -0.2) is 49.7 Å². The first-order valence-electron chi connectivity index (χ1n) is 8.48. The van der Waals surface area contributed by atoms with Crippen molar-refractivity contribution in [3.05, 3.63) is 29.9 Å². The molecule has 1 aliphatic rings. The first kappa shape index (κ1) is 18.7. The summed E-state index contributed by atoms with van der Waals surface area (Å²) in [6, 6.07) is 4.69. The minimum atomic E-state index is -3.70. The summed E-state index contributed by atoms with van der Waals surface area (Å²) in [6.45, 7) is 2.22. The van der Waals surface area contributed by atoms with E-state index in [1.54, 1.807) is 23.4 Å². The fourth-order valence-corrected chi connectivity index (χ4v) is 5.16. The molecule has 1 unspecified atom stereocenters. The standard InChI is InChI=1S/C17H23N3O5S/c1-12-18-17(19-25-12)9-6-13-5-4-10-20(13)26(21,22)16-11-14(23-2)7-8-15(16)24-3/h7-8,11,13H,4-6,9-10H2,1-3H3. The molecule has 1 aliphatic heterocycles. The molecular weight excluding hydrogens is 358 g/mol. The van der Waals surface area contributed by atoms with Crippen LogP contribution in [0.3, 0.4) is 0 Å². The molecule has 26 heavy (non-hydrogen) atoms. The van der Waals surface area contributed by atoms with E-state index in [1.807, 2.05) is 0 Å². The highest BCUT2D eigenvalue weighted by Gasteiger charge is 2.37. The summed E-state index contributed by atoms with van der Waals surface area (Å²) in [7, 11) is -0.735. The van der Waals surface area contributed by atoms with E-state index in [0.717, 1.165) is 12.8 Å². The van der Waals surface area contributed by atoms with Crippen LogP contribution in [0.15, 0.2) is 27.6 Å². The normalized spacial score (nSPS) is 18.2. The quantitative estimate of drug-likeness (QED) is 0.725. The molecule has 8 nitrogen and oxygen atoms in total. The Morgan fingerprint density at radius 1 is 1.31 bits per heavy atom. The van der Waals surface area contributed by atoms with Crippen molar-refractivity contribution in [1.82, 2.24) is 14.4 Å². The van der Waals surface area contributed by atoms with Gasteiger partial charge < -0.3 is 14.0 Å². The minimum absolute atomic E-state index is 0.102. The van der Waals surface area contributed by atoms with Crippen LogP contribution in [0.4, 0.5) is 0 Å². The maximum Gasteiger partial charge on any atom is 0.247 e. The Balaban J connectivity index is 1.83. The van der Waals surface area contributed by atoms with Gasteiger partial charge in [-0.05, 0) is 31.4 Å². The Kier molecular flexibility index (Phi) is 5.47. The van der Waals surface area contributed by atoms with Gasteiger partial charge in [0.2, 0.25) is 15.9 Å². The molecule has 1 atom stereocenters. The lowest BCUT2D eigenvalue weighted by atomic mass is 10.1. The number of hydrogen-bond acceptors (Lipinski definition) is 7. The Morgan fingerprint density at radius 3 is 2.77 bits per heavy atom. The SMILES string of the molecule is COc1ccc(OC)c(S(=O)(=O)N2CCCC2CCc2noc(C)n2)c1. The van der Waals surface area contributed by atoms with Crippen molar-refractivity contribution in [1.29, 1.82) is 0 Å². The number of sulfonamides is 1. The van der Waals surface area contributed by atoms with Gasteiger partial charge >= 0.3 is 0 Å². The molecule has 0 amide bonds. The maximum atomic E-state index is 13.2. The molecule has 0 spiro atoms. The van der Waals surface area contributed by atoms with E-state index in [-0.39, 0.29) is 10.9 Å². The number of benzene rings is 1. The van der Waals surface area contributed by atoms with Crippen LogP contribution in [-0.2, 0) is 16.4 Å². The third-order valence-corrected chi connectivity index (χ3v) is 6.52. The largest absolute Gasteiger partial charge is 0.497 e. The molecule has 0 N–H and O–H groups in total. The van der Waals surface area contributed by atoms with Gasteiger partial charge in [0.1, 0.15) is 16.4 Å². The number of methoxy groups -OCH3 is 2. The molecular formula is C17H23N3O5S. The van der Waals surface area contributed by atoms with Crippen LogP contribution >= 0.6 is 0 Å². The highest BCUT2D eigenvalue weighted by molar-refractivity contribution is 7.89. The summed E-state index contributed by atoms with van der Waals surface area (Å²) in [6.07, 6.45) is 2.84. The van der Waals surface area contributed by atoms with Crippen molar-refractivity contribution in [3.8, 4) is 11.5 Å². The van der Waals surface area contributed by atoms with Gasteiger partial charge in [0.05, 0.1) is 14.2 Å². The predicted octanol–water partition coefficient (Wildman–Crippen LogP) is 2.18. The Morgan fingerprint density at radius 2 is 2.12 bits per heavy atom. The molecule has 2 heterocycles.